The van der Waals surface area contributed by atoms with Crippen molar-refractivity contribution < 1.29 is 34.9 Å². The molecular formula is C9H12O8S2. The Hall–Kier alpha value is -1.20. The predicted octanol–water partition coefficient (Wildman–Crippen LogP) is 0.304. The van der Waals surface area contributed by atoms with Gasteiger partial charge in [-0.2, -0.15) is 16.8 Å². The highest BCUT2D eigenvalue weighted by molar-refractivity contribution is 7.85. The smallest absolute Gasteiger partial charge is 0.397 e. The van der Waals surface area contributed by atoms with Crippen LogP contribution in [0.1, 0.15) is 5.56 Å². The van der Waals surface area contributed by atoms with Crippen LogP contribution in [0.4, 0.5) is 0 Å². The Morgan fingerprint density at radius 1 is 1.16 bits per heavy atom. The Balaban J connectivity index is 2.97. The molecule has 8 nitrogen and oxygen atoms in total. The summed E-state index contributed by atoms with van der Waals surface area (Å²) in [7, 11) is -7.59. The average Bonchev–Trinajstić information content (AvgIpc) is 2.26. The second-order valence-electron chi connectivity index (χ2n) is 3.45. The molecule has 1 aromatic carbocycles. The molecule has 1 aromatic rings. The zero-order chi connectivity index (χ0) is 14.7. The third-order valence-electron chi connectivity index (χ3n) is 2.15. The molecule has 0 heterocycles. The van der Waals surface area contributed by atoms with E-state index >= 15 is 0 Å². The third-order valence-corrected chi connectivity index (χ3v) is 3.47. The van der Waals surface area contributed by atoms with E-state index in [1.807, 2.05) is 0 Å². The lowest BCUT2D eigenvalue weighted by molar-refractivity contribution is 0.270. The Morgan fingerprint density at radius 2 is 1.79 bits per heavy atom. The standard InChI is InChI=1S/C9H12O8S2/c1-16-9-3-2-8(18(10,11)12)6-7(9)4-5-17-19(13,14)15/h2-3,6H,4-5H2,1H3,(H,10,11,12)(H,13,14,15). The van der Waals surface area contributed by atoms with Gasteiger partial charge in [0.05, 0.1) is 18.6 Å². The molecule has 0 spiro atoms. The number of methoxy groups -OCH3 is 1. The van der Waals surface area contributed by atoms with Crippen molar-refractivity contribution in [2.75, 3.05) is 13.7 Å². The second kappa shape index (κ2) is 5.84. The van der Waals surface area contributed by atoms with Gasteiger partial charge >= 0.3 is 10.4 Å². The summed E-state index contributed by atoms with van der Waals surface area (Å²) >= 11 is 0. The molecule has 0 unspecified atom stereocenters. The SMILES string of the molecule is COc1ccc(S(=O)(=O)O)cc1CCOS(=O)(=O)O. The van der Waals surface area contributed by atoms with Gasteiger partial charge in [0.25, 0.3) is 10.1 Å². The van der Waals surface area contributed by atoms with Gasteiger partial charge < -0.3 is 4.74 Å². The van der Waals surface area contributed by atoms with E-state index in [9.17, 15) is 16.8 Å². The van der Waals surface area contributed by atoms with Crippen molar-refractivity contribution in [1.29, 1.82) is 0 Å². The molecule has 108 valence electrons. The Bertz CT molecular complexity index is 647. The van der Waals surface area contributed by atoms with Crippen LogP contribution in [0.2, 0.25) is 0 Å². The Morgan fingerprint density at radius 3 is 2.26 bits per heavy atom. The van der Waals surface area contributed by atoms with E-state index in [4.69, 9.17) is 13.8 Å². The van der Waals surface area contributed by atoms with Crippen molar-refractivity contribution in [3.63, 3.8) is 0 Å². The molecule has 0 aliphatic rings. The predicted molar refractivity (Wildman–Crippen MR) is 64.0 cm³/mol. The summed E-state index contributed by atoms with van der Waals surface area (Å²) < 4.78 is 69.0. The minimum Gasteiger partial charge on any atom is -0.496 e. The fourth-order valence-corrected chi connectivity index (χ4v) is 2.19. The number of hydrogen-bond acceptors (Lipinski definition) is 6. The molecule has 0 saturated heterocycles. The number of rotatable bonds is 6. The molecule has 0 aromatic heterocycles. The zero-order valence-corrected chi connectivity index (χ0v) is 11.4. The van der Waals surface area contributed by atoms with Crippen LogP contribution in [0.25, 0.3) is 0 Å². The van der Waals surface area contributed by atoms with Gasteiger partial charge in [0.15, 0.2) is 0 Å². The van der Waals surface area contributed by atoms with Gasteiger partial charge in [0.2, 0.25) is 0 Å². The first-order valence-electron chi connectivity index (χ1n) is 4.90. The van der Waals surface area contributed by atoms with Gasteiger partial charge in [-0.3, -0.25) is 9.11 Å². The van der Waals surface area contributed by atoms with Gasteiger partial charge in [-0.1, -0.05) is 0 Å². The average molecular weight is 312 g/mol. The van der Waals surface area contributed by atoms with Crippen LogP contribution in [-0.4, -0.2) is 39.7 Å². The van der Waals surface area contributed by atoms with Gasteiger partial charge in [-0.15, -0.1) is 0 Å². The van der Waals surface area contributed by atoms with Crippen LogP contribution in [0.15, 0.2) is 23.1 Å². The largest absolute Gasteiger partial charge is 0.496 e. The van der Waals surface area contributed by atoms with Crippen molar-refractivity contribution in [3.8, 4) is 5.75 Å². The van der Waals surface area contributed by atoms with E-state index in [0.29, 0.717) is 11.3 Å². The van der Waals surface area contributed by atoms with Crippen molar-refractivity contribution in [3.05, 3.63) is 23.8 Å². The van der Waals surface area contributed by atoms with Crippen LogP contribution in [0.3, 0.4) is 0 Å². The van der Waals surface area contributed by atoms with Crippen LogP contribution >= 0.6 is 0 Å². The maximum Gasteiger partial charge on any atom is 0.397 e. The normalized spacial score (nSPS) is 12.4. The topological polar surface area (TPSA) is 127 Å². The van der Waals surface area contributed by atoms with Crippen LogP contribution < -0.4 is 4.74 Å². The molecule has 0 amide bonds. The number of ether oxygens (including phenoxy) is 1. The van der Waals surface area contributed by atoms with E-state index < -0.39 is 27.1 Å². The van der Waals surface area contributed by atoms with Crippen LogP contribution in [0.5, 0.6) is 5.75 Å². The van der Waals surface area contributed by atoms with Gasteiger partial charge in [-0.05, 0) is 23.8 Å². The third kappa shape index (κ3) is 5.12. The van der Waals surface area contributed by atoms with Crippen molar-refractivity contribution in [2.24, 2.45) is 0 Å². The second-order valence-corrected chi connectivity index (χ2v) is 5.96. The first kappa shape index (κ1) is 15.9. The minimum atomic E-state index is -4.56. The first-order chi connectivity index (χ1) is 8.63. The highest BCUT2D eigenvalue weighted by Gasteiger charge is 2.14. The quantitative estimate of drug-likeness (QED) is 0.718. The molecule has 2 N–H and O–H groups in total. The number of hydrogen-bond donors (Lipinski definition) is 2. The fraction of sp³-hybridized carbons (Fsp3) is 0.333. The van der Waals surface area contributed by atoms with E-state index in [1.54, 1.807) is 0 Å². The fourth-order valence-electron chi connectivity index (χ4n) is 1.37. The molecule has 0 radical (unpaired) electrons. The molecule has 0 fully saturated rings. The zero-order valence-electron chi connectivity index (χ0n) is 9.81. The lowest BCUT2D eigenvalue weighted by Crippen LogP contribution is -2.08. The summed E-state index contributed by atoms with van der Waals surface area (Å²) in [5, 5.41) is 0. The lowest BCUT2D eigenvalue weighted by Gasteiger charge is -2.09. The van der Waals surface area contributed by atoms with Crippen molar-refractivity contribution in [2.45, 2.75) is 11.3 Å². The summed E-state index contributed by atoms with van der Waals surface area (Å²) in [6.45, 7) is -0.399. The molecule has 10 heteroatoms. The summed E-state index contributed by atoms with van der Waals surface area (Å²) in [5.41, 5.74) is 0.307. The van der Waals surface area contributed by atoms with Gasteiger partial charge in [0, 0.05) is 6.42 Å². The molecule has 0 aliphatic heterocycles. The molecule has 0 saturated carbocycles. The van der Waals surface area contributed by atoms with E-state index in [0.717, 1.165) is 12.1 Å². The lowest BCUT2D eigenvalue weighted by atomic mass is 10.1. The molecule has 0 bridgehead atoms. The first-order valence-corrected chi connectivity index (χ1v) is 7.70. The maximum absolute atomic E-state index is 11.0. The van der Waals surface area contributed by atoms with Crippen molar-refractivity contribution in [1.82, 2.24) is 0 Å². The summed E-state index contributed by atoms with van der Waals surface area (Å²) in [6, 6.07) is 3.58. The minimum absolute atomic E-state index is 0.0354. The summed E-state index contributed by atoms with van der Waals surface area (Å²) in [5.74, 6) is 0.298. The van der Waals surface area contributed by atoms with Crippen LogP contribution in [0, 0.1) is 0 Å². The van der Waals surface area contributed by atoms with Crippen molar-refractivity contribution >= 4 is 20.5 Å². The molecule has 19 heavy (non-hydrogen) atoms. The van der Waals surface area contributed by atoms with Gasteiger partial charge in [-0.25, -0.2) is 4.18 Å². The monoisotopic (exact) mass is 312 g/mol. The number of benzene rings is 1. The summed E-state index contributed by atoms with van der Waals surface area (Å²) in [6.07, 6.45) is -0.0354. The van der Waals surface area contributed by atoms with E-state index in [1.165, 1.54) is 13.2 Å². The highest BCUT2D eigenvalue weighted by Crippen LogP contribution is 2.23. The highest BCUT2D eigenvalue weighted by atomic mass is 32.3. The molecule has 0 aliphatic carbocycles. The Labute approximate surface area is 110 Å². The van der Waals surface area contributed by atoms with E-state index in [-0.39, 0.29) is 11.3 Å². The molecule has 1 rings (SSSR count). The Kier molecular flexibility index (Phi) is 4.87. The van der Waals surface area contributed by atoms with Gasteiger partial charge in [0.1, 0.15) is 5.75 Å². The molecule has 0 atom stereocenters. The summed E-state index contributed by atoms with van der Waals surface area (Å²) in [4.78, 5) is -0.352. The molecular weight excluding hydrogens is 300 g/mol. The van der Waals surface area contributed by atoms with Crippen LogP contribution in [-0.2, 0) is 31.1 Å². The maximum atomic E-state index is 11.0. The van der Waals surface area contributed by atoms with E-state index in [2.05, 4.69) is 4.18 Å².